The van der Waals surface area contributed by atoms with E-state index in [0.717, 1.165) is 5.56 Å². The zero-order valence-electron chi connectivity index (χ0n) is 13.7. The normalized spacial score (nSPS) is 15.9. The lowest BCUT2D eigenvalue weighted by molar-refractivity contribution is -0.125. The molecule has 0 fully saturated rings. The van der Waals surface area contributed by atoms with Crippen molar-refractivity contribution in [3.63, 3.8) is 0 Å². The SMILES string of the molecule is COCCOc1ccc(NC(=O)C2Cc3ccccc3C(=O)O2)cn1. The molecule has 1 amide bonds. The monoisotopic (exact) mass is 342 g/mol. The Morgan fingerprint density at radius 3 is 2.88 bits per heavy atom. The first-order valence-electron chi connectivity index (χ1n) is 7.85. The molecule has 0 spiro atoms. The van der Waals surface area contributed by atoms with Crippen LogP contribution in [0.2, 0.25) is 0 Å². The van der Waals surface area contributed by atoms with Crippen molar-refractivity contribution in [2.75, 3.05) is 25.6 Å². The topological polar surface area (TPSA) is 86.8 Å². The third kappa shape index (κ3) is 4.13. The fourth-order valence-corrected chi connectivity index (χ4v) is 2.47. The zero-order chi connectivity index (χ0) is 17.6. The Hall–Kier alpha value is -2.93. The van der Waals surface area contributed by atoms with E-state index >= 15 is 0 Å². The van der Waals surface area contributed by atoms with Crippen molar-refractivity contribution < 1.29 is 23.8 Å². The molecule has 0 saturated heterocycles. The van der Waals surface area contributed by atoms with Gasteiger partial charge in [-0.15, -0.1) is 0 Å². The summed E-state index contributed by atoms with van der Waals surface area (Å²) in [5.41, 5.74) is 1.81. The predicted octanol–water partition coefficient (Wildman–Crippen LogP) is 1.83. The van der Waals surface area contributed by atoms with E-state index in [0.29, 0.717) is 36.8 Å². The lowest BCUT2D eigenvalue weighted by Gasteiger charge is -2.23. The Bertz CT molecular complexity index is 760. The Labute approximate surface area is 144 Å². The van der Waals surface area contributed by atoms with Gasteiger partial charge in [0.2, 0.25) is 5.88 Å². The molecule has 1 aromatic heterocycles. The van der Waals surface area contributed by atoms with Crippen LogP contribution in [0.1, 0.15) is 15.9 Å². The van der Waals surface area contributed by atoms with Gasteiger partial charge in [0.05, 0.1) is 24.1 Å². The molecule has 0 bridgehead atoms. The van der Waals surface area contributed by atoms with E-state index in [1.807, 2.05) is 12.1 Å². The summed E-state index contributed by atoms with van der Waals surface area (Å²) < 4.78 is 15.5. The molecule has 1 N–H and O–H groups in total. The van der Waals surface area contributed by atoms with E-state index in [1.54, 1.807) is 31.4 Å². The maximum Gasteiger partial charge on any atom is 0.339 e. The first-order chi connectivity index (χ1) is 12.2. The van der Waals surface area contributed by atoms with Crippen LogP contribution in [0, 0.1) is 0 Å². The van der Waals surface area contributed by atoms with E-state index in [2.05, 4.69) is 10.3 Å². The molecule has 25 heavy (non-hydrogen) atoms. The van der Waals surface area contributed by atoms with Gasteiger partial charge in [-0.3, -0.25) is 4.79 Å². The molecule has 1 aromatic carbocycles. The molecule has 130 valence electrons. The molecule has 3 rings (SSSR count). The summed E-state index contributed by atoms with van der Waals surface area (Å²) in [6.07, 6.45) is 0.970. The Morgan fingerprint density at radius 2 is 2.12 bits per heavy atom. The highest BCUT2D eigenvalue weighted by atomic mass is 16.5. The number of nitrogens with zero attached hydrogens (tertiary/aromatic N) is 1. The molecule has 0 radical (unpaired) electrons. The van der Waals surface area contributed by atoms with Crippen LogP contribution in [0.3, 0.4) is 0 Å². The second-order valence-corrected chi connectivity index (χ2v) is 5.47. The van der Waals surface area contributed by atoms with Gasteiger partial charge in [-0.2, -0.15) is 0 Å². The number of aromatic nitrogens is 1. The summed E-state index contributed by atoms with van der Waals surface area (Å²) in [5.74, 6) is -0.437. The van der Waals surface area contributed by atoms with Crippen LogP contribution in [0.4, 0.5) is 5.69 Å². The fourth-order valence-electron chi connectivity index (χ4n) is 2.47. The summed E-state index contributed by atoms with van der Waals surface area (Å²) in [6.45, 7) is 0.862. The lowest BCUT2D eigenvalue weighted by atomic mass is 9.98. The average molecular weight is 342 g/mol. The van der Waals surface area contributed by atoms with Crippen molar-refractivity contribution in [3.8, 4) is 5.88 Å². The minimum atomic E-state index is -0.861. The molecule has 0 saturated carbocycles. The molecule has 1 aliphatic rings. The highest BCUT2D eigenvalue weighted by Crippen LogP contribution is 2.21. The van der Waals surface area contributed by atoms with Gasteiger partial charge < -0.3 is 19.5 Å². The van der Waals surface area contributed by atoms with Crippen LogP contribution < -0.4 is 10.1 Å². The molecule has 2 aromatic rings. The van der Waals surface area contributed by atoms with E-state index < -0.39 is 18.0 Å². The largest absolute Gasteiger partial charge is 0.475 e. The summed E-state index contributed by atoms with van der Waals surface area (Å²) in [7, 11) is 1.59. The number of benzene rings is 1. The number of carbonyl (C=O) groups is 2. The van der Waals surface area contributed by atoms with Gasteiger partial charge in [-0.25, -0.2) is 9.78 Å². The van der Waals surface area contributed by atoms with Crippen molar-refractivity contribution in [1.82, 2.24) is 4.98 Å². The zero-order valence-corrected chi connectivity index (χ0v) is 13.7. The maximum absolute atomic E-state index is 12.4. The van der Waals surface area contributed by atoms with E-state index in [9.17, 15) is 9.59 Å². The number of fused-ring (bicyclic) bond motifs is 1. The van der Waals surface area contributed by atoms with Crippen LogP contribution in [0.15, 0.2) is 42.6 Å². The number of amides is 1. The van der Waals surface area contributed by atoms with Gasteiger partial charge in [0.1, 0.15) is 6.61 Å². The number of hydrogen-bond donors (Lipinski definition) is 1. The molecule has 7 nitrogen and oxygen atoms in total. The van der Waals surface area contributed by atoms with Gasteiger partial charge in [0, 0.05) is 19.6 Å². The lowest BCUT2D eigenvalue weighted by Crippen LogP contribution is -2.37. The Kier molecular flexibility index (Phi) is 5.25. The Morgan fingerprint density at radius 1 is 1.28 bits per heavy atom. The van der Waals surface area contributed by atoms with Gasteiger partial charge in [0.15, 0.2) is 6.10 Å². The van der Waals surface area contributed by atoms with Gasteiger partial charge in [-0.05, 0) is 17.7 Å². The molecule has 7 heteroatoms. The number of methoxy groups -OCH3 is 1. The second-order valence-electron chi connectivity index (χ2n) is 5.47. The molecule has 1 unspecified atom stereocenters. The van der Waals surface area contributed by atoms with Gasteiger partial charge >= 0.3 is 5.97 Å². The highest BCUT2D eigenvalue weighted by molar-refractivity contribution is 5.99. The van der Waals surface area contributed by atoms with Gasteiger partial charge in [0.25, 0.3) is 5.91 Å². The number of pyridine rings is 1. The minimum Gasteiger partial charge on any atom is -0.475 e. The molecular weight excluding hydrogens is 324 g/mol. The standard InChI is InChI=1S/C18H18N2O5/c1-23-8-9-24-16-7-6-13(11-19-16)20-17(21)15-10-12-4-2-3-5-14(12)18(22)25-15/h2-7,11,15H,8-10H2,1H3,(H,20,21). The first kappa shape index (κ1) is 16.9. The molecule has 0 aliphatic carbocycles. The number of ether oxygens (including phenoxy) is 3. The minimum absolute atomic E-state index is 0.347. The third-order valence-electron chi connectivity index (χ3n) is 3.73. The number of carbonyl (C=O) groups excluding carboxylic acids is 2. The van der Waals surface area contributed by atoms with Crippen LogP contribution in [0.5, 0.6) is 5.88 Å². The van der Waals surface area contributed by atoms with E-state index in [-0.39, 0.29) is 0 Å². The molecule has 2 heterocycles. The van der Waals surface area contributed by atoms with Crippen molar-refractivity contribution in [2.45, 2.75) is 12.5 Å². The highest BCUT2D eigenvalue weighted by Gasteiger charge is 2.31. The quantitative estimate of drug-likeness (QED) is 0.637. The maximum atomic E-state index is 12.4. The smallest absolute Gasteiger partial charge is 0.339 e. The van der Waals surface area contributed by atoms with Crippen molar-refractivity contribution in [1.29, 1.82) is 0 Å². The third-order valence-corrected chi connectivity index (χ3v) is 3.73. The van der Waals surface area contributed by atoms with Crippen LogP contribution in [0.25, 0.3) is 0 Å². The number of anilines is 1. The second kappa shape index (κ2) is 7.76. The van der Waals surface area contributed by atoms with Crippen LogP contribution in [-0.2, 0) is 20.7 Å². The summed E-state index contributed by atoms with van der Waals surface area (Å²) in [6, 6.07) is 10.4. The van der Waals surface area contributed by atoms with Crippen LogP contribution >= 0.6 is 0 Å². The number of cyclic esters (lactones) is 1. The summed E-state index contributed by atoms with van der Waals surface area (Å²) >= 11 is 0. The summed E-state index contributed by atoms with van der Waals surface area (Å²) in [5, 5.41) is 2.70. The molecular formula is C18H18N2O5. The Balaban J connectivity index is 1.60. The predicted molar refractivity (Wildman–Crippen MR) is 89.6 cm³/mol. The number of nitrogens with one attached hydrogen (secondary N) is 1. The number of hydrogen-bond acceptors (Lipinski definition) is 6. The number of rotatable bonds is 6. The van der Waals surface area contributed by atoms with Gasteiger partial charge in [-0.1, -0.05) is 18.2 Å². The fraction of sp³-hybridized carbons (Fsp3) is 0.278. The molecule has 1 aliphatic heterocycles. The van der Waals surface area contributed by atoms with Crippen LogP contribution in [-0.4, -0.2) is 43.3 Å². The van der Waals surface area contributed by atoms with Crippen molar-refractivity contribution in [2.24, 2.45) is 0 Å². The van der Waals surface area contributed by atoms with Crippen molar-refractivity contribution in [3.05, 3.63) is 53.7 Å². The average Bonchev–Trinajstić information content (AvgIpc) is 2.63. The summed E-state index contributed by atoms with van der Waals surface area (Å²) in [4.78, 5) is 28.4. The number of esters is 1. The molecule has 1 atom stereocenters. The van der Waals surface area contributed by atoms with E-state index in [4.69, 9.17) is 14.2 Å². The van der Waals surface area contributed by atoms with E-state index in [1.165, 1.54) is 6.20 Å². The van der Waals surface area contributed by atoms with Crippen molar-refractivity contribution >= 4 is 17.6 Å². The first-order valence-corrected chi connectivity index (χ1v) is 7.85.